The highest BCUT2D eigenvalue weighted by molar-refractivity contribution is 9.10. The molecule has 0 radical (unpaired) electrons. The number of nitrogens with zero attached hydrogens (tertiary/aromatic N) is 1. The number of hydrogen-bond donors (Lipinski definition) is 0. The average Bonchev–Trinajstić information content (AvgIpc) is 2.67. The fourth-order valence-electron chi connectivity index (χ4n) is 1.57. The summed E-state index contributed by atoms with van der Waals surface area (Å²) in [5.74, 6) is 0. The molecule has 0 N–H and O–H groups in total. The molecule has 0 fully saturated rings. The number of carbonyl (C=O) groups is 1. The van der Waals surface area contributed by atoms with Gasteiger partial charge in [0, 0.05) is 16.5 Å². The van der Waals surface area contributed by atoms with Crippen LogP contribution in [0.4, 0.5) is 0 Å². The molecule has 0 spiro atoms. The molecule has 1 aromatic heterocycles. The van der Waals surface area contributed by atoms with Crippen molar-refractivity contribution in [3.8, 4) is 10.6 Å². The Labute approximate surface area is 106 Å². The van der Waals surface area contributed by atoms with Gasteiger partial charge >= 0.3 is 0 Å². The first-order chi connectivity index (χ1) is 7.61. The quantitative estimate of drug-likeness (QED) is 0.784. The van der Waals surface area contributed by atoms with E-state index in [1.54, 1.807) is 11.3 Å². The second kappa shape index (κ2) is 4.47. The van der Waals surface area contributed by atoms with E-state index in [0.29, 0.717) is 0 Å². The molecule has 0 aliphatic heterocycles. The molecule has 2 aromatic rings. The summed E-state index contributed by atoms with van der Waals surface area (Å²) in [6.45, 7) is 3.94. The maximum absolute atomic E-state index is 10.8. The van der Waals surface area contributed by atoms with Crippen LogP contribution in [0, 0.1) is 13.8 Å². The first-order valence-electron chi connectivity index (χ1n) is 4.79. The minimum atomic E-state index is 0.747. The van der Waals surface area contributed by atoms with Crippen molar-refractivity contribution in [3.63, 3.8) is 0 Å². The van der Waals surface area contributed by atoms with Crippen molar-refractivity contribution in [3.05, 3.63) is 38.8 Å². The summed E-state index contributed by atoms with van der Waals surface area (Å²) in [6, 6.07) is 3.93. The zero-order valence-electron chi connectivity index (χ0n) is 8.95. The number of aryl methyl sites for hydroxylation is 2. The van der Waals surface area contributed by atoms with E-state index in [9.17, 15) is 4.79 Å². The van der Waals surface area contributed by atoms with Gasteiger partial charge < -0.3 is 0 Å². The molecule has 2 rings (SSSR count). The summed E-state index contributed by atoms with van der Waals surface area (Å²) < 4.78 is 0.851. The molecule has 0 unspecified atom stereocenters. The molecule has 0 saturated carbocycles. The summed E-state index contributed by atoms with van der Waals surface area (Å²) in [5, 5.41) is 2.93. The van der Waals surface area contributed by atoms with Crippen molar-refractivity contribution in [1.82, 2.24) is 4.98 Å². The van der Waals surface area contributed by atoms with Crippen molar-refractivity contribution in [2.45, 2.75) is 13.8 Å². The second-order valence-corrected chi connectivity index (χ2v) is 5.29. The molecule has 82 valence electrons. The number of thiazole rings is 1. The van der Waals surface area contributed by atoms with Crippen molar-refractivity contribution < 1.29 is 4.79 Å². The van der Waals surface area contributed by atoms with Gasteiger partial charge in [-0.05, 0) is 53.0 Å². The van der Waals surface area contributed by atoms with Crippen molar-refractivity contribution >= 4 is 33.6 Å². The zero-order chi connectivity index (χ0) is 11.7. The fraction of sp³-hybridized carbons (Fsp3) is 0.167. The van der Waals surface area contributed by atoms with Gasteiger partial charge in [0.05, 0.1) is 0 Å². The van der Waals surface area contributed by atoms with E-state index in [2.05, 4.69) is 20.9 Å². The van der Waals surface area contributed by atoms with Crippen LogP contribution in [0.5, 0.6) is 0 Å². The maximum Gasteiger partial charge on any atom is 0.150 e. The predicted octanol–water partition coefficient (Wildman–Crippen LogP) is 4.00. The van der Waals surface area contributed by atoms with Crippen LogP contribution < -0.4 is 0 Å². The Morgan fingerprint density at radius 2 is 2.06 bits per heavy atom. The Kier molecular flexibility index (Phi) is 3.21. The summed E-state index contributed by atoms with van der Waals surface area (Å²) >= 11 is 4.94. The van der Waals surface area contributed by atoms with E-state index in [-0.39, 0.29) is 0 Å². The monoisotopic (exact) mass is 295 g/mol. The van der Waals surface area contributed by atoms with Crippen LogP contribution in [-0.2, 0) is 0 Å². The molecule has 0 aliphatic carbocycles. The third-order valence-electron chi connectivity index (χ3n) is 2.45. The lowest BCUT2D eigenvalue weighted by Gasteiger charge is -2.06. The SMILES string of the molecule is Cc1cc(-c2nc(Br)cs2)c(C)cc1C=O. The molecule has 0 aliphatic rings. The average molecular weight is 296 g/mol. The van der Waals surface area contributed by atoms with Crippen molar-refractivity contribution in [2.75, 3.05) is 0 Å². The molecule has 0 bridgehead atoms. The van der Waals surface area contributed by atoms with Crippen LogP contribution >= 0.6 is 27.3 Å². The predicted molar refractivity (Wildman–Crippen MR) is 70.1 cm³/mol. The molecule has 0 saturated heterocycles. The van der Waals surface area contributed by atoms with Gasteiger partial charge in [-0.25, -0.2) is 4.98 Å². The van der Waals surface area contributed by atoms with E-state index < -0.39 is 0 Å². The number of aromatic nitrogens is 1. The lowest BCUT2D eigenvalue weighted by molar-refractivity contribution is 0.112. The lowest BCUT2D eigenvalue weighted by atomic mass is 10.0. The number of halogens is 1. The van der Waals surface area contributed by atoms with Crippen molar-refractivity contribution in [1.29, 1.82) is 0 Å². The van der Waals surface area contributed by atoms with Gasteiger partial charge in [0.25, 0.3) is 0 Å². The van der Waals surface area contributed by atoms with Crippen LogP contribution in [0.15, 0.2) is 22.1 Å². The molecule has 1 heterocycles. The topological polar surface area (TPSA) is 30.0 Å². The third kappa shape index (κ3) is 2.08. The Bertz CT molecular complexity index is 548. The molecule has 16 heavy (non-hydrogen) atoms. The Hall–Kier alpha value is -1.00. The van der Waals surface area contributed by atoms with Crippen LogP contribution in [-0.4, -0.2) is 11.3 Å². The molecule has 0 amide bonds. The Morgan fingerprint density at radius 1 is 1.31 bits per heavy atom. The fourth-order valence-corrected chi connectivity index (χ4v) is 2.91. The summed E-state index contributed by atoms with van der Waals surface area (Å²) in [5.41, 5.74) is 3.91. The van der Waals surface area contributed by atoms with E-state index in [1.165, 1.54) is 0 Å². The normalized spacial score (nSPS) is 10.4. The van der Waals surface area contributed by atoms with Gasteiger partial charge in [0.2, 0.25) is 0 Å². The first-order valence-corrected chi connectivity index (χ1v) is 6.47. The van der Waals surface area contributed by atoms with Gasteiger partial charge in [-0.15, -0.1) is 11.3 Å². The minimum absolute atomic E-state index is 0.747. The number of carbonyl (C=O) groups excluding carboxylic acids is 1. The van der Waals surface area contributed by atoms with E-state index in [1.807, 2.05) is 31.4 Å². The Balaban J connectivity index is 2.58. The molecule has 1 aromatic carbocycles. The third-order valence-corrected chi connectivity index (χ3v) is 4.03. The van der Waals surface area contributed by atoms with Gasteiger partial charge in [0.15, 0.2) is 0 Å². The van der Waals surface area contributed by atoms with Crippen LogP contribution in [0.2, 0.25) is 0 Å². The highest BCUT2D eigenvalue weighted by Crippen LogP contribution is 2.30. The smallest absolute Gasteiger partial charge is 0.150 e. The van der Waals surface area contributed by atoms with E-state index in [4.69, 9.17) is 0 Å². The molecule has 2 nitrogen and oxygen atoms in total. The van der Waals surface area contributed by atoms with Crippen molar-refractivity contribution in [2.24, 2.45) is 0 Å². The molecule has 0 atom stereocenters. The van der Waals surface area contributed by atoms with Gasteiger partial charge in [-0.1, -0.05) is 0 Å². The molecular weight excluding hydrogens is 286 g/mol. The van der Waals surface area contributed by atoms with Crippen LogP contribution in [0.3, 0.4) is 0 Å². The highest BCUT2D eigenvalue weighted by atomic mass is 79.9. The lowest BCUT2D eigenvalue weighted by Crippen LogP contribution is -1.91. The maximum atomic E-state index is 10.8. The standard InChI is InChI=1S/C12H10BrNOS/c1-7-4-10(8(2)3-9(7)5-15)12-14-11(13)6-16-12/h3-6H,1-2H3. The Morgan fingerprint density at radius 3 is 2.62 bits per heavy atom. The number of benzene rings is 1. The van der Waals surface area contributed by atoms with Crippen LogP contribution in [0.1, 0.15) is 21.5 Å². The van der Waals surface area contributed by atoms with Crippen LogP contribution in [0.25, 0.3) is 10.6 Å². The number of rotatable bonds is 2. The number of hydrogen-bond acceptors (Lipinski definition) is 3. The largest absolute Gasteiger partial charge is 0.298 e. The summed E-state index contributed by atoms with van der Waals surface area (Å²) in [7, 11) is 0. The van der Waals surface area contributed by atoms with Gasteiger partial charge in [-0.3, -0.25) is 4.79 Å². The molecular formula is C12H10BrNOS. The van der Waals surface area contributed by atoms with E-state index in [0.717, 1.165) is 38.2 Å². The second-order valence-electron chi connectivity index (χ2n) is 3.62. The summed E-state index contributed by atoms with van der Waals surface area (Å²) in [6.07, 6.45) is 0.893. The van der Waals surface area contributed by atoms with Gasteiger partial charge in [0.1, 0.15) is 15.9 Å². The highest BCUT2D eigenvalue weighted by Gasteiger charge is 2.09. The molecule has 4 heteroatoms. The number of aldehydes is 1. The van der Waals surface area contributed by atoms with Gasteiger partial charge in [-0.2, -0.15) is 0 Å². The van der Waals surface area contributed by atoms with E-state index >= 15 is 0 Å². The first kappa shape index (κ1) is 11.5. The zero-order valence-corrected chi connectivity index (χ0v) is 11.4. The summed E-state index contributed by atoms with van der Waals surface area (Å²) in [4.78, 5) is 15.2. The minimum Gasteiger partial charge on any atom is -0.298 e.